The van der Waals surface area contributed by atoms with Crippen molar-refractivity contribution in [3.05, 3.63) is 59.3 Å². The molecule has 0 bridgehead atoms. The summed E-state index contributed by atoms with van der Waals surface area (Å²) in [6, 6.07) is 8.75. The minimum atomic E-state index is -0.240. The quantitative estimate of drug-likeness (QED) is 0.655. The van der Waals surface area contributed by atoms with E-state index in [1.165, 1.54) is 12.1 Å². The minimum absolute atomic E-state index is 0.240. The van der Waals surface area contributed by atoms with Gasteiger partial charge in [0.05, 0.1) is 17.6 Å². The summed E-state index contributed by atoms with van der Waals surface area (Å²) < 4.78 is 13.0. The molecule has 0 aliphatic carbocycles. The number of rotatable bonds is 6. The topological polar surface area (TPSA) is 69.4 Å². The highest BCUT2D eigenvalue weighted by atomic mass is 19.1. The van der Waals surface area contributed by atoms with Crippen molar-refractivity contribution >= 4 is 0 Å². The number of aryl methyl sites for hydroxylation is 1. The third-order valence-electron chi connectivity index (χ3n) is 3.77. The van der Waals surface area contributed by atoms with E-state index < -0.39 is 0 Å². The first-order valence-corrected chi connectivity index (χ1v) is 7.64. The highest BCUT2D eigenvalue weighted by Crippen LogP contribution is 2.21. The summed E-state index contributed by atoms with van der Waals surface area (Å²) in [5.41, 5.74) is 5.02. The number of benzene rings is 1. The van der Waals surface area contributed by atoms with Crippen LogP contribution in [0.15, 0.2) is 36.5 Å². The molecule has 0 saturated carbocycles. The molecule has 0 radical (unpaired) electrons. The molecule has 0 unspecified atom stereocenters. The lowest BCUT2D eigenvalue weighted by molar-refractivity contribution is 0.540. The lowest BCUT2D eigenvalue weighted by Crippen LogP contribution is -2.27. The summed E-state index contributed by atoms with van der Waals surface area (Å²) in [7, 11) is 0. The van der Waals surface area contributed by atoms with Crippen molar-refractivity contribution in [1.82, 2.24) is 25.7 Å². The number of aromatic nitrogens is 4. The number of hydrogen-bond acceptors (Lipinski definition) is 3. The zero-order valence-corrected chi connectivity index (χ0v) is 13.2. The molecule has 1 atom stereocenters. The Balaban J connectivity index is 1.62. The molecule has 5 nitrogen and oxygen atoms in total. The minimum Gasteiger partial charge on any atom is -0.310 e. The zero-order chi connectivity index (χ0) is 16.2. The van der Waals surface area contributed by atoms with Crippen LogP contribution in [0.4, 0.5) is 4.39 Å². The zero-order valence-electron chi connectivity index (χ0n) is 13.2. The summed E-state index contributed by atoms with van der Waals surface area (Å²) in [4.78, 5) is 0. The number of nitrogens with one attached hydrogen (secondary N) is 3. The first kappa shape index (κ1) is 15.4. The SMILES string of the molecule is Cc1cc(C[C@H](C)NCc2cn[nH]c2-c2ccc(F)cc2)n[nH]1. The number of nitrogens with zero attached hydrogens (tertiary/aromatic N) is 2. The Morgan fingerprint density at radius 2 is 2.00 bits per heavy atom. The van der Waals surface area contributed by atoms with E-state index >= 15 is 0 Å². The van der Waals surface area contributed by atoms with Gasteiger partial charge >= 0.3 is 0 Å². The Bertz CT molecular complexity index is 759. The molecule has 2 aromatic heterocycles. The highest BCUT2D eigenvalue weighted by molar-refractivity contribution is 5.62. The number of aromatic amines is 2. The number of halogens is 1. The van der Waals surface area contributed by atoms with Gasteiger partial charge in [0, 0.05) is 35.8 Å². The maximum atomic E-state index is 13.0. The van der Waals surface area contributed by atoms with Crippen LogP contribution in [0, 0.1) is 12.7 Å². The molecule has 1 aromatic carbocycles. The Kier molecular flexibility index (Phi) is 4.52. The second kappa shape index (κ2) is 6.75. The van der Waals surface area contributed by atoms with Gasteiger partial charge in [-0.25, -0.2) is 4.39 Å². The molecule has 6 heteroatoms. The normalized spacial score (nSPS) is 12.5. The van der Waals surface area contributed by atoms with Gasteiger partial charge in [0.25, 0.3) is 0 Å². The van der Waals surface area contributed by atoms with E-state index in [-0.39, 0.29) is 11.9 Å². The van der Waals surface area contributed by atoms with Gasteiger partial charge in [-0.2, -0.15) is 10.2 Å². The summed E-state index contributed by atoms with van der Waals surface area (Å²) in [5.74, 6) is -0.240. The maximum Gasteiger partial charge on any atom is 0.123 e. The molecular weight excluding hydrogens is 293 g/mol. The molecule has 3 N–H and O–H groups in total. The van der Waals surface area contributed by atoms with Crippen LogP contribution >= 0.6 is 0 Å². The fraction of sp³-hybridized carbons (Fsp3) is 0.294. The van der Waals surface area contributed by atoms with Gasteiger partial charge in [-0.05, 0) is 44.2 Å². The molecule has 23 heavy (non-hydrogen) atoms. The largest absolute Gasteiger partial charge is 0.310 e. The number of H-pyrrole nitrogens is 2. The van der Waals surface area contributed by atoms with Crippen LogP contribution in [-0.4, -0.2) is 26.4 Å². The van der Waals surface area contributed by atoms with E-state index in [1.54, 1.807) is 18.3 Å². The standard InChI is InChI=1S/C17H20FN5/c1-11(7-16-8-12(2)21-22-16)19-9-14-10-20-23-17(14)13-3-5-15(18)6-4-13/h3-6,8,10-11,19H,7,9H2,1-2H3,(H,20,23)(H,21,22)/t11-/m0/s1. The van der Waals surface area contributed by atoms with Crippen molar-refractivity contribution in [1.29, 1.82) is 0 Å². The molecule has 0 amide bonds. The molecule has 0 saturated heterocycles. The van der Waals surface area contributed by atoms with Gasteiger partial charge in [-0.3, -0.25) is 10.2 Å². The summed E-state index contributed by atoms with van der Waals surface area (Å²) in [5, 5.41) is 17.8. The van der Waals surface area contributed by atoms with Crippen LogP contribution in [0.5, 0.6) is 0 Å². The van der Waals surface area contributed by atoms with Crippen molar-refractivity contribution in [2.24, 2.45) is 0 Å². The van der Waals surface area contributed by atoms with E-state index in [0.29, 0.717) is 6.54 Å². The summed E-state index contributed by atoms with van der Waals surface area (Å²) >= 11 is 0. The van der Waals surface area contributed by atoms with Crippen molar-refractivity contribution in [2.45, 2.75) is 32.9 Å². The fourth-order valence-electron chi connectivity index (χ4n) is 2.56. The van der Waals surface area contributed by atoms with E-state index in [9.17, 15) is 4.39 Å². The van der Waals surface area contributed by atoms with E-state index in [0.717, 1.165) is 34.6 Å². The Morgan fingerprint density at radius 3 is 2.70 bits per heavy atom. The third-order valence-corrected chi connectivity index (χ3v) is 3.77. The first-order valence-electron chi connectivity index (χ1n) is 7.64. The molecular formula is C17H20FN5. The predicted molar refractivity (Wildman–Crippen MR) is 87.3 cm³/mol. The molecule has 3 rings (SSSR count). The predicted octanol–water partition coefficient (Wildman–Crippen LogP) is 2.97. The molecule has 2 heterocycles. The average molecular weight is 313 g/mol. The molecule has 0 fully saturated rings. The van der Waals surface area contributed by atoms with Crippen LogP contribution in [0.3, 0.4) is 0 Å². The van der Waals surface area contributed by atoms with Gasteiger partial charge in [-0.1, -0.05) is 0 Å². The van der Waals surface area contributed by atoms with Gasteiger partial charge in [0.1, 0.15) is 5.82 Å². The third kappa shape index (κ3) is 3.84. The molecule has 0 spiro atoms. The van der Waals surface area contributed by atoms with Crippen LogP contribution in [0.25, 0.3) is 11.3 Å². The lowest BCUT2D eigenvalue weighted by atomic mass is 10.1. The smallest absolute Gasteiger partial charge is 0.123 e. The lowest BCUT2D eigenvalue weighted by Gasteiger charge is -2.12. The van der Waals surface area contributed by atoms with Crippen LogP contribution in [0.1, 0.15) is 23.9 Å². The molecule has 120 valence electrons. The molecule has 0 aliphatic rings. The second-order valence-electron chi connectivity index (χ2n) is 5.81. The molecule has 0 aliphatic heterocycles. The van der Waals surface area contributed by atoms with Gasteiger partial charge in [-0.15, -0.1) is 0 Å². The van der Waals surface area contributed by atoms with Crippen molar-refractivity contribution < 1.29 is 4.39 Å². The summed E-state index contributed by atoms with van der Waals surface area (Å²) in [6.45, 7) is 4.81. The van der Waals surface area contributed by atoms with E-state index in [2.05, 4.69) is 38.7 Å². The molecule has 3 aromatic rings. The van der Waals surface area contributed by atoms with Crippen LogP contribution in [-0.2, 0) is 13.0 Å². The maximum absolute atomic E-state index is 13.0. The van der Waals surface area contributed by atoms with Gasteiger partial charge < -0.3 is 5.32 Å². The van der Waals surface area contributed by atoms with Gasteiger partial charge in [0.15, 0.2) is 0 Å². The second-order valence-corrected chi connectivity index (χ2v) is 5.81. The first-order chi connectivity index (χ1) is 11.1. The van der Waals surface area contributed by atoms with E-state index in [1.807, 2.05) is 6.92 Å². The average Bonchev–Trinajstić information content (AvgIpc) is 3.15. The van der Waals surface area contributed by atoms with Crippen molar-refractivity contribution in [3.8, 4) is 11.3 Å². The number of hydrogen-bond donors (Lipinski definition) is 3. The Labute approximate surface area is 134 Å². The van der Waals surface area contributed by atoms with E-state index in [4.69, 9.17) is 0 Å². The van der Waals surface area contributed by atoms with Crippen LogP contribution in [0.2, 0.25) is 0 Å². The highest BCUT2D eigenvalue weighted by Gasteiger charge is 2.10. The fourth-order valence-corrected chi connectivity index (χ4v) is 2.56. The van der Waals surface area contributed by atoms with Crippen LogP contribution < -0.4 is 5.32 Å². The monoisotopic (exact) mass is 313 g/mol. The van der Waals surface area contributed by atoms with Crippen molar-refractivity contribution in [2.75, 3.05) is 0 Å². The summed E-state index contributed by atoms with van der Waals surface area (Å²) in [6.07, 6.45) is 2.66. The Hall–Kier alpha value is -2.47. The van der Waals surface area contributed by atoms with Gasteiger partial charge in [0.2, 0.25) is 0 Å². The Morgan fingerprint density at radius 1 is 1.22 bits per heavy atom. The van der Waals surface area contributed by atoms with Crippen molar-refractivity contribution in [3.63, 3.8) is 0 Å².